The molecule has 2 fully saturated rings. The normalized spacial score (nSPS) is 27.5. The third-order valence-electron chi connectivity index (χ3n) is 4.75. The smallest absolute Gasteiger partial charge is 0.317 e. The van der Waals surface area contributed by atoms with Gasteiger partial charge < -0.3 is 15.1 Å². The van der Waals surface area contributed by atoms with Gasteiger partial charge in [-0.05, 0) is 42.5 Å². The Morgan fingerprint density at radius 3 is 2.38 bits per heavy atom. The number of benzene rings is 1. The first-order chi connectivity index (χ1) is 11.4. The number of hydrogen-bond acceptors (Lipinski definition) is 2. The van der Waals surface area contributed by atoms with Gasteiger partial charge in [0.05, 0.1) is 6.04 Å². The van der Waals surface area contributed by atoms with Crippen LogP contribution in [0, 0.1) is 17.7 Å². The molecule has 2 aliphatic heterocycles. The Morgan fingerprint density at radius 2 is 1.75 bits per heavy atom. The summed E-state index contributed by atoms with van der Waals surface area (Å²) in [7, 11) is 0. The second kappa shape index (κ2) is 6.79. The van der Waals surface area contributed by atoms with Gasteiger partial charge in [0.2, 0.25) is 5.91 Å². The van der Waals surface area contributed by atoms with Gasteiger partial charge in [-0.3, -0.25) is 4.79 Å². The summed E-state index contributed by atoms with van der Waals surface area (Å²) in [5.41, 5.74) is 0.665. The third-order valence-corrected chi connectivity index (χ3v) is 4.75. The largest absolute Gasteiger partial charge is 0.333 e. The number of nitrogens with one attached hydrogen (secondary N) is 1. The number of urea groups is 1. The van der Waals surface area contributed by atoms with Crippen LogP contribution in [0.1, 0.15) is 26.7 Å². The summed E-state index contributed by atoms with van der Waals surface area (Å²) in [6, 6.07) is 5.56. The molecule has 1 aromatic carbocycles. The molecule has 24 heavy (non-hydrogen) atoms. The number of rotatable bonds is 2. The predicted molar refractivity (Wildman–Crippen MR) is 90.2 cm³/mol. The fourth-order valence-corrected chi connectivity index (χ4v) is 3.77. The first-order valence-electron chi connectivity index (χ1n) is 8.53. The molecule has 3 atom stereocenters. The van der Waals surface area contributed by atoms with Crippen molar-refractivity contribution in [3.05, 3.63) is 30.1 Å². The van der Waals surface area contributed by atoms with E-state index in [0.29, 0.717) is 24.1 Å². The van der Waals surface area contributed by atoms with Crippen molar-refractivity contribution < 1.29 is 14.0 Å². The first kappa shape index (κ1) is 16.7. The molecular weight excluding hydrogens is 309 g/mol. The molecular formula is C18H24FN3O2. The van der Waals surface area contributed by atoms with Crippen molar-refractivity contribution in [3.8, 4) is 0 Å². The summed E-state index contributed by atoms with van der Waals surface area (Å²) in [6.07, 6.45) is 1.42. The molecule has 6 heteroatoms. The van der Waals surface area contributed by atoms with E-state index in [2.05, 4.69) is 19.2 Å². The minimum Gasteiger partial charge on any atom is -0.333 e. The third kappa shape index (κ3) is 3.68. The number of carbonyl (C=O) groups excluding carboxylic acids is 2. The fraction of sp³-hybridized carbons (Fsp3) is 0.556. The summed E-state index contributed by atoms with van der Waals surface area (Å²) >= 11 is 0. The van der Waals surface area contributed by atoms with Gasteiger partial charge in [-0.2, -0.15) is 0 Å². The number of hydrogen-bond donors (Lipinski definition) is 1. The van der Waals surface area contributed by atoms with E-state index >= 15 is 0 Å². The van der Waals surface area contributed by atoms with Gasteiger partial charge in [-0.15, -0.1) is 0 Å². The number of likely N-dealkylation sites (tertiary alicyclic amines) is 1. The van der Waals surface area contributed by atoms with Crippen molar-refractivity contribution in [3.63, 3.8) is 0 Å². The van der Waals surface area contributed by atoms with Crippen molar-refractivity contribution >= 4 is 17.6 Å². The molecule has 2 aliphatic rings. The number of carbonyl (C=O) groups is 2. The van der Waals surface area contributed by atoms with Gasteiger partial charge in [0.25, 0.3) is 0 Å². The Bertz CT molecular complexity index is 609. The standard InChI is InChI=1S/C18H24FN3O2/c1-12-7-13(2)10-21(9-12)18(24)20-15-8-17(23)22(11-15)16-5-3-14(19)4-6-16/h3-6,12-13,15H,7-11H2,1-2H3,(H,20,24)/t12-,13-,15-/m1/s1. The fourth-order valence-electron chi connectivity index (χ4n) is 3.77. The molecule has 0 aromatic heterocycles. The summed E-state index contributed by atoms with van der Waals surface area (Å²) in [5.74, 6) is 0.622. The lowest BCUT2D eigenvalue weighted by Crippen LogP contribution is -2.50. The average molecular weight is 333 g/mol. The minimum atomic E-state index is -0.330. The average Bonchev–Trinajstić information content (AvgIpc) is 2.87. The van der Waals surface area contributed by atoms with Gasteiger partial charge >= 0.3 is 6.03 Å². The van der Waals surface area contributed by atoms with Crippen molar-refractivity contribution in [2.24, 2.45) is 11.8 Å². The molecule has 1 aromatic rings. The highest BCUT2D eigenvalue weighted by Gasteiger charge is 2.33. The van der Waals surface area contributed by atoms with Crippen molar-refractivity contribution in [1.82, 2.24) is 10.2 Å². The van der Waals surface area contributed by atoms with Gasteiger partial charge in [0, 0.05) is 31.7 Å². The summed E-state index contributed by atoms with van der Waals surface area (Å²) in [5, 5.41) is 2.98. The van der Waals surface area contributed by atoms with E-state index in [1.807, 2.05) is 4.90 Å². The Morgan fingerprint density at radius 1 is 1.12 bits per heavy atom. The lowest BCUT2D eigenvalue weighted by atomic mass is 9.92. The maximum Gasteiger partial charge on any atom is 0.317 e. The number of anilines is 1. The summed E-state index contributed by atoms with van der Waals surface area (Å²) < 4.78 is 13.0. The van der Waals surface area contributed by atoms with Crippen molar-refractivity contribution in [1.29, 1.82) is 0 Å². The van der Waals surface area contributed by atoms with Gasteiger partial charge in [-0.1, -0.05) is 13.8 Å². The van der Waals surface area contributed by atoms with E-state index in [1.54, 1.807) is 17.0 Å². The summed E-state index contributed by atoms with van der Waals surface area (Å²) in [6.45, 7) is 6.27. The molecule has 0 saturated carbocycles. The van der Waals surface area contributed by atoms with Crippen molar-refractivity contribution in [2.75, 3.05) is 24.5 Å². The summed E-state index contributed by atoms with van der Waals surface area (Å²) in [4.78, 5) is 28.1. The Balaban J connectivity index is 1.59. The van der Waals surface area contributed by atoms with E-state index < -0.39 is 0 Å². The molecule has 0 spiro atoms. The number of nitrogens with zero attached hydrogens (tertiary/aromatic N) is 2. The highest BCUT2D eigenvalue weighted by atomic mass is 19.1. The van der Waals surface area contributed by atoms with E-state index in [9.17, 15) is 14.0 Å². The van der Waals surface area contributed by atoms with Crippen LogP contribution in [-0.4, -0.2) is 42.5 Å². The molecule has 130 valence electrons. The maximum absolute atomic E-state index is 13.0. The molecule has 0 radical (unpaired) electrons. The van der Waals surface area contributed by atoms with Crippen molar-refractivity contribution in [2.45, 2.75) is 32.7 Å². The number of piperidine rings is 1. The highest BCUT2D eigenvalue weighted by Crippen LogP contribution is 2.23. The SMILES string of the molecule is C[C@@H]1C[C@@H](C)CN(C(=O)N[C@@H]2CC(=O)N(c3ccc(F)cc3)C2)C1. The molecule has 0 aliphatic carbocycles. The number of halogens is 1. The zero-order valence-electron chi connectivity index (χ0n) is 14.2. The predicted octanol–water partition coefficient (Wildman–Crippen LogP) is 2.62. The van der Waals surface area contributed by atoms with Crippen LogP contribution in [0.15, 0.2) is 24.3 Å². The highest BCUT2D eigenvalue weighted by molar-refractivity contribution is 5.96. The van der Waals surface area contributed by atoms with Gasteiger partial charge in [-0.25, -0.2) is 9.18 Å². The molecule has 0 bridgehead atoms. The molecule has 0 unspecified atom stereocenters. The van der Waals surface area contributed by atoms with Crippen LogP contribution in [-0.2, 0) is 4.79 Å². The van der Waals surface area contributed by atoms with Crippen LogP contribution in [0.4, 0.5) is 14.9 Å². The monoisotopic (exact) mass is 333 g/mol. The zero-order valence-corrected chi connectivity index (χ0v) is 14.2. The molecule has 3 rings (SSSR count). The maximum atomic E-state index is 13.0. The molecule has 1 N–H and O–H groups in total. The Kier molecular flexibility index (Phi) is 4.73. The first-order valence-corrected chi connectivity index (χ1v) is 8.53. The van der Waals surface area contributed by atoms with E-state index in [-0.39, 0.29) is 30.2 Å². The van der Waals surface area contributed by atoms with Crippen LogP contribution in [0.3, 0.4) is 0 Å². The molecule has 2 saturated heterocycles. The number of amides is 3. The second-order valence-corrected chi connectivity index (χ2v) is 7.18. The zero-order chi connectivity index (χ0) is 17.3. The van der Waals surface area contributed by atoms with Crippen LogP contribution in [0.25, 0.3) is 0 Å². The Labute approximate surface area is 141 Å². The van der Waals surface area contributed by atoms with E-state index in [1.165, 1.54) is 12.1 Å². The molecule has 5 nitrogen and oxygen atoms in total. The van der Waals surface area contributed by atoms with Crippen LogP contribution < -0.4 is 10.2 Å². The van der Waals surface area contributed by atoms with Crippen LogP contribution in [0.2, 0.25) is 0 Å². The molecule has 2 heterocycles. The topological polar surface area (TPSA) is 52.7 Å². The minimum absolute atomic E-state index is 0.0488. The van der Waals surface area contributed by atoms with E-state index in [0.717, 1.165) is 19.5 Å². The molecule has 3 amide bonds. The van der Waals surface area contributed by atoms with Crippen LogP contribution in [0.5, 0.6) is 0 Å². The van der Waals surface area contributed by atoms with E-state index in [4.69, 9.17) is 0 Å². The Hall–Kier alpha value is -2.11. The van der Waals surface area contributed by atoms with Gasteiger partial charge in [0.15, 0.2) is 0 Å². The van der Waals surface area contributed by atoms with Gasteiger partial charge in [0.1, 0.15) is 5.82 Å². The lowest BCUT2D eigenvalue weighted by Gasteiger charge is -2.35. The van der Waals surface area contributed by atoms with Crippen LogP contribution >= 0.6 is 0 Å². The lowest BCUT2D eigenvalue weighted by molar-refractivity contribution is -0.117. The quantitative estimate of drug-likeness (QED) is 0.904. The second-order valence-electron chi connectivity index (χ2n) is 7.18.